The zero-order chi connectivity index (χ0) is 13.8. The van der Waals surface area contributed by atoms with Crippen LogP contribution >= 0.6 is 12.2 Å². The number of pyridine rings is 1. The smallest absolute Gasteiger partial charge is 0.177 e. The summed E-state index contributed by atoms with van der Waals surface area (Å²) in [5, 5.41) is 4.06. The van der Waals surface area contributed by atoms with Crippen LogP contribution in [0.25, 0.3) is 0 Å². The predicted octanol–water partition coefficient (Wildman–Crippen LogP) is 0.365. The average Bonchev–Trinajstić information content (AvgIpc) is 2.97. The van der Waals surface area contributed by atoms with Crippen molar-refractivity contribution in [3.05, 3.63) is 54.2 Å². The summed E-state index contributed by atoms with van der Waals surface area (Å²) in [6.45, 7) is 3.33. The van der Waals surface area contributed by atoms with Crippen LogP contribution in [0, 0.1) is 0 Å². The molecule has 104 valence electrons. The van der Waals surface area contributed by atoms with E-state index in [4.69, 9.17) is 16.6 Å². The number of thiocarbonyl (C=S) groups is 1. The summed E-state index contributed by atoms with van der Waals surface area (Å²) >= 11 is 5.37. The van der Waals surface area contributed by atoms with Crippen molar-refractivity contribution >= 4 is 17.3 Å². The molecule has 3 heterocycles. The third-order valence-corrected chi connectivity index (χ3v) is 3.70. The van der Waals surface area contributed by atoms with E-state index in [0.29, 0.717) is 6.54 Å². The maximum Gasteiger partial charge on any atom is 0.177 e. The Morgan fingerprint density at radius 3 is 3.10 bits per heavy atom. The Morgan fingerprint density at radius 2 is 2.35 bits per heavy atom. The van der Waals surface area contributed by atoms with Crippen LogP contribution < -0.4 is 10.2 Å². The van der Waals surface area contributed by atoms with Crippen LogP contribution in [-0.4, -0.2) is 28.3 Å². The van der Waals surface area contributed by atoms with Crippen molar-refractivity contribution in [2.24, 2.45) is 0 Å². The summed E-state index contributed by atoms with van der Waals surface area (Å²) in [5.74, 6) is 0.928. The van der Waals surface area contributed by atoms with Crippen molar-refractivity contribution in [3.8, 4) is 0 Å². The highest BCUT2D eigenvalue weighted by molar-refractivity contribution is 7.80. The molecule has 0 aliphatic carbocycles. The zero-order valence-corrected chi connectivity index (χ0v) is 11.9. The number of furan rings is 1. The van der Waals surface area contributed by atoms with Gasteiger partial charge in [-0.15, -0.1) is 0 Å². The van der Waals surface area contributed by atoms with Gasteiger partial charge in [0.15, 0.2) is 18.4 Å². The first-order valence-corrected chi connectivity index (χ1v) is 7.00. The quantitative estimate of drug-likeness (QED) is 0.796. The lowest BCUT2D eigenvalue weighted by atomic mass is 10.2. The molecule has 6 heteroatoms. The third kappa shape index (κ3) is 3.15. The molecule has 0 amide bonds. The molecule has 3 rings (SSSR count). The Kier molecular flexibility index (Phi) is 3.94. The highest BCUT2D eigenvalue weighted by Gasteiger charge is 2.24. The van der Waals surface area contributed by atoms with Gasteiger partial charge in [-0.05, 0) is 30.4 Å². The van der Waals surface area contributed by atoms with Crippen LogP contribution in [0.1, 0.15) is 11.3 Å². The second-order valence-corrected chi connectivity index (χ2v) is 5.27. The molecular weight excluding hydrogens is 272 g/mol. The maximum atomic E-state index is 5.39. The standard InChI is InChI=1S/C14H16N4OS/c20-14-16-10-17(8-12-3-1-5-15-7-12)11-18(14)9-13-4-2-6-19-13/h1-7H,8-11H2,(H,16,20)/p+1. The molecule has 2 N–H and O–H groups in total. The molecule has 20 heavy (non-hydrogen) atoms. The monoisotopic (exact) mass is 289 g/mol. The Morgan fingerprint density at radius 1 is 1.40 bits per heavy atom. The number of nitrogens with one attached hydrogen (secondary N) is 2. The van der Waals surface area contributed by atoms with Crippen molar-refractivity contribution in [2.75, 3.05) is 13.3 Å². The number of aromatic nitrogens is 1. The van der Waals surface area contributed by atoms with E-state index in [0.717, 1.165) is 30.8 Å². The first-order valence-electron chi connectivity index (χ1n) is 6.59. The number of hydrogen-bond donors (Lipinski definition) is 2. The van der Waals surface area contributed by atoms with Crippen molar-refractivity contribution in [1.82, 2.24) is 15.2 Å². The molecule has 1 unspecified atom stereocenters. The van der Waals surface area contributed by atoms with E-state index in [1.807, 2.05) is 24.4 Å². The fourth-order valence-electron chi connectivity index (χ4n) is 2.34. The summed E-state index contributed by atoms with van der Waals surface area (Å²) < 4.78 is 5.39. The molecule has 0 bridgehead atoms. The molecule has 0 radical (unpaired) electrons. The zero-order valence-electron chi connectivity index (χ0n) is 11.1. The van der Waals surface area contributed by atoms with Gasteiger partial charge < -0.3 is 9.73 Å². The predicted molar refractivity (Wildman–Crippen MR) is 78.6 cm³/mol. The van der Waals surface area contributed by atoms with Gasteiger partial charge in [0.05, 0.1) is 12.8 Å². The molecule has 1 aliphatic rings. The van der Waals surface area contributed by atoms with Gasteiger partial charge >= 0.3 is 0 Å². The molecule has 1 aliphatic heterocycles. The Bertz CT molecular complexity index is 558. The Labute approximate surface area is 123 Å². The van der Waals surface area contributed by atoms with Crippen LogP contribution in [0.4, 0.5) is 0 Å². The number of nitrogens with zero attached hydrogens (tertiary/aromatic N) is 2. The molecular formula is C14H17N4OS+. The summed E-state index contributed by atoms with van der Waals surface area (Å²) in [6.07, 6.45) is 5.40. The van der Waals surface area contributed by atoms with Crippen molar-refractivity contribution in [2.45, 2.75) is 13.1 Å². The van der Waals surface area contributed by atoms with Crippen LogP contribution in [-0.2, 0) is 13.1 Å². The molecule has 5 nitrogen and oxygen atoms in total. The van der Waals surface area contributed by atoms with Crippen LogP contribution in [0.15, 0.2) is 47.3 Å². The molecule has 0 spiro atoms. The van der Waals surface area contributed by atoms with E-state index in [2.05, 4.69) is 21.3 Å². The fraction of sp³-hybridized carbons (Fsp3) is 0.286. The lowest BCUT2D eigenvalue weighted by molar-refractivity contribution is -0.927. The molecule has 1 atom stereocenters. The number of hydrogen-bond acceptors (Lipinski definition) is 3. The normalized spacial score (nSPS) is 18.9. The fourth-order valence-corrected chi connectivity index (χ4v) is 2.54. The van der Waals surface area contributed by atoms with Gasteiger partial charge in [0.25, 0.3) is 0 Å². The van der Waals surface area contributed by atoms with E-state index in [-0.39, 0.29) is 0 Å². The minimum absolute atomic E-state index is 0.704. The first kappa shape index (κ1) is 13.1. The van der Waals surface area contributed by atoms with E-state index in [9.17, 15) is 0 Å². The maximum absolute atomic E-state index is 5.39. The van der Waals surface area contributed by atoms with Gasteiger partial charge in [-0.2, -0.15) is 0 Å². The molecule has 0 saturated carbocycles. The van der Waals surface area contributed by atoms with E-state index < -0.39 is 0 Å². The summed E-state index contributed by atoms with van der Waals surface area (Å²) in [4.78, 5) is 7.69. The largest absolute Gasteiger partial charge is 0.467 e. The molecule has 1 saturated heterocycles. The van der Waals surface area contributed by atoms with E-state index >= 15 is 0 Å². The average molecular weight is 289 g/mol. The molecule has 2 aromatic heterocycles. The lowest BCUT2D eigenvalue weighted by Gasteiger charge is -2.34. The first-order chi connectivity index (χ1) is 9.81. The molecule has 0 aromatic carbocycles. The number of quaternary nitrogens is 1. The van der Waals surface area contributed by atoms with Crippen LogP contribution in [0.5, 0.6) is 0 Å². The van der Waals surface area contributed by atoms with Crippen molar-refractivity contribution in [1.29, 1.82) is 0 Å². The summed E-state index contributed by atoms with van der Waals surface area (Å²) in [7, 11) is 0. The second kappa shape index (κ2) is 6.02. The van der Waals surface area contributed by atoms with Gasteiger partial charge in [-0.3, -0.25) is 14.8 Å². The van der Waals surface area contributed by atoms with Gasteiger partial charge in [0.2, 0.25) is 0 Å². The van der Waals surface area contributed by atoms with Crippen LogP contribution in [0.2, 0.25) is 0 Å². The number of rotatable bonds is 4. The highest BCUT2D eigenvalue weighted by Crippen LogP contribution is 2.05. The molecule has 2 aromatic rings. The Balaban J connectivity index is 1.62. The van der Waals surface area contributed by atoms with Gasteiger partial charge in [0, 0.05) is 18.0 Å². The molecule has 1 fully saturated rings. The van der Waals surface area contributed by atoms with Gasteiger partial charge in [-0.25, -0.2) is 0 Å². The van der Waals surface area contributed by atoms with Crippen molar-refractivity contribution < 1.29 is 9.32 Å². The third-order valence-electron chi connectivity index (χ3n) is 3.30. The van der Waals surface area contributed by atoms with E-state index in [1.165, 1.54) is 10.5 Å². The minimum atomic E-state index is 0.704. The Hall–Kier alpha value is -1.92. The summed E-state index contributed by atoms with van der Waals surface area (Å²) in [6, 6.07) is 7.94. The van der Waals surface area contributed by atoms with Crippen LogP contribution in [0.3, 0.4) is 0 Å². The van der Waals surface area contributed by atoms with Gasteiger partial charge in [0.1, 0.15) is 12.3 Å². The second-order valence-electron chi connectivity index (χ2n) is 4.88. The summed E-state index contributed by atoms with van der Waals surface area (Å²) in [5.41, 5.74) is 1.23. The topological polar surface area (TPSA) is 45.7 Å². The SMILES string of the molecule is S=C1NC[NH+](Cc2cccnc2)CN1Cc1ccco1. The highest BCUT2D eigenvalue weighted by atomic mass is 32.1. The minimum Gasteiger partial charge on any atom is -0.467 e. The van der Waals surface area contributed by atoms with Gasteiger partial charge in [-0.1, -0.05) is 6.07 Å². The lowest BCUT2D eigenvalue weighted by Crippen LogP contribution is -3.15. The van der Waals surface area contributed by atoms with E-state index in [1.54, 1.807) is 12.5 Å². The van der Waals surface area contributed by atoms with Crippen molar-refractivity contribution in [3.63, 3.8) is 0 Å².